The van der Waals surface area contributed by atoms with Crippen molar-refractivity contribution in [3.63, 3.8) is 0 Å². The van der Waals surface area contributed by atoms with Crippen molar-refractivity contribution < 1.29 is 14.3 Å². The van der Waals surface area contributed by atoms with Crippen LogP contribution in [-0.2, 0) is 4.79 Å². The highest BCUT2D eigenvalue weighted by molar-refractivity contribution is 5.95. The lowest BCUT2D eigenvalue weighted by molar-refractivity contribution is -0.126. The first-order valence-corrected chi connectivity index (χ1v) is 8.39. The maximum absolute atomic E-state index is 12.5. The van der Waals surface area contributed by atoms with Crippen LogP contribution in [-0.4, -0.2) is 54.4 Å². The molecule has 2 amide bonds. The molecule has 5 nitrogen and oxygen atoms in total. The van der Waals surface area contributed by atoms with E-state index >= 15 is 0 Å². The molecule has 0 spiro atoms. The summed E-state index contributed by atoms with van der Waals surface area (Å²) in [6, 6.07) is 7.26. The van der Waals surface area contributed by atoms with Gasteiger partial charge in [-0.15, -0.1) is 0 Å². The van der Waals surface area contributed by atoms with Crippen LogP contribution < -0.4 is 4.74 Å². The van der Waals surface area contributed by atoms with Crippen LogP contribution in [0.4, 0.5) is 0 Å². The van der Waals surface area contributed by atoms with E-state index in [0.717, 1.165) is 18.6 Å². The zero-order chi connectivity index (χ0) is 17.4. The van der Waals surface area contributed by atoms with E-state index < -0.39 is 0 Å². The van der Waals surface area contributed by atoms with Gasteiger partial charge in [0.1, 0.15) is 5.75 Å². The lowest BCUT2D eigenvalue weighted by Gasteiger charge is -2.33. The molecule has 1 aromatic carbocycles. The maximum atomic E-state index is 12.5. The van der Waals surface area contributed by atoms with E-state index in [9.17, 15) is 9.59 Å². The van der Waals surface area contributed by atoms with Gasteiger partial charge in [0.25, 0.3) is 11.8 Å². The first-order valence-electron chi connectivity index (χ1n) is 8.39. The Hall–Kier alpha value is -2.48. The maximum Gasteiger partial charge on any atom is 0.298 e. The third kappa shape index (κ3) is 4.76. The van der Waals surface area contributed by atoms with E-state index in [1.807, 2.05) is 12.1 Å². The Morgan fingerprint density at radius 2 is 1.71 bits per heavy atom. The number of unbranched alkanes of at least 4 members (excludes halogenated alkanes) is 1. The number of carbonyl (C=O) groups excluding carboxylic acids is 2. The summed E-state index contributed by atoms with van der Waals surface area (Å²) in [6.45, 7) is 6.57. The standard InChI is InChI=1S/C19H24N2O3/c1-3-5-15-24-17-9-7-16(8-10-17)19(23)21-13-11-20(12-14-21)18(22)6-4-2/h7-10H,3,5,11-15H2,1-2H3. The van der Waals surface area contributed by atoms with Crippen molar-refractivity contribution in [3.8, 4) is 17.6 Å². The highest BCUT2D eigenvalue weighted by atomic mass is 16.5. The van der Waals surface area contributed by atoms with Gasteiger partial charge in [-0.2, -0.15) is 0 Å². The molecule has 0 saturated carbocycles. The number of amides is 2. The number of hydrogen-bond donors (Lipinski definition) is 0. The number of nitrogens with zero attached hydrogens (tertiary/aromatic N) is 2. The number of carbonyl (C=O) groups is 2. The summed E-state index contributed by atoms with van der Waals surface area (Å²) in [5.41, 5.74) is 0.644. The molecule has 0 unspecified atom stereocenters. The number of ether oxygens (including phenoxy) is 1. The van der Waals surface area contributed by atoms with Gasteiger partial charge in [0.15, 0.2) is 0 Å². The second kappa shape index (κ2) is 8.97. The molecule has 0 aromatic heterocycles. The van der Waals surface area contributed by atoms with Crippen molar-refractivity contribution in [2.75, 3.05) is 32.8 Å². The molecule has 1 saturated heterocycles. The van der Waals surface area contributed by atoms with Crippen molar-refractivity contribution in [2.45, 2.75) is 26.7 Å². The molecule has 0 atom stereocenters. The lowest BCUT2D eigenvalue weighted by atomic mass is 10.1. The van der Waals surface area contributed by atoms with Crippen LogP contribution in [0.3, 0.4) is 0 Å². The van der Waals surface area contributed by atoms with E-state index in [0.29, 0.717) is 38.3 Å². The fraction of sp³-hybridized carbons (Fsp3) is 0.474. The Morgan fingerprint density at radius 3 is 2.29 bits per heavy atom. The minimum atomic E-state index is -0.168. The Bertz CT molecular complexity index is 620. The smallest absolute Gasteiger partial charge is 0.298 e. The Kier molecular flexibility index (Phi) is 6.68. The van der Waals surface area contributed by atoms with Gasteiger partial charge in [-0.25, -0.2) is 0 Å². The molecular weight excluding hydrogens is 304 g/mol. The zero-order valence-electron chi connectivity index (χ0n) is 14.4. The minimum absolute atomic E-state index is 0.0104. The first-order chi connectivity index (χ1) is 11.7. The molecule has 1 aromatic rings. The average Bonchev–Trinajstić information content (AvgIpc) is 2.62. The van der Waals surface area contributed by atoms with Gasteiger partial charge in [-0.1, -0.05) is 19.3 Å². The molecule has 5 heteroatoms. The molecule has 0 bridgehead atoms. The molecule has 2 rings (SSSR count). The van der Waals surface area contributed by atoms with E-state index in [2.05, 4.69) is 18.8 Å². The van der Waals surface area contributed by atoms with E-state index in [1.54, 1.807) is 28.9 Å². The number of benzene rings is 1. The summed E-state index contributed by atoms with van der Waals surface area (Å²) in [4.78, 5) is 27.7. The fourth-order valence-electron chi connectivity index (χ4n) is 2.51. The third-order valence-electron chi connectivity index (χ3n) is 3.95. The van der Waals surface area contributed by atoms with Crippen LogP contribution in [0.2, 0.25) is 0 Å². The number of hydrogen-bond acceptors (Lipinski definition) is 3. The summed E-state index contributed by atoms with van der Waals surface area (Å²) in [7, 11) is 0. The third-order valence-corrected chi connectivity index (χ3v) is 3.95. The van der Waals surface area contributed by atoms with Gasteiger partial charge in [-0.3, -0.25) is 9.59 Å². The topological polar surface area (TPSA) is 49.9 Å². The molecule has 24 heavy (non-hydrogen) atoms. The minimum Gasteiger partial charge on any atom is -0.494 e. The predicted octanol–water partition coefficient (Wildman–Crippen LogP) is 2.17. The largest absolute Gasteiger partial charge is 0.494 e. The Morgan fingerprint density at radius 1 is 1.08 bits per heavy atom. The first kappa shape index (κ1) is 17.9. The molecule has 0 radical (unpaired) electrons. The SMILES string of the molecule is CC#CC(=O)N1CCN(C(=O)c2ccc(OCCCC)cc2)CC1. The predicted molar refractivity (Wildman–Crippen MR) is 92.8 cm³/mol. The van der Waals surface area contributed by atoms with Crippen LogP contribution in [0.1, 0.15) is 37.0 Å². The van der Waals surface area contributed by atoms with Crippen molar-refractivity contribution >= 4 is 11.8 Å². The number of rotatable bonds is 5. The van der Waals surface area contributed by atoms with E-state index in [1.165, 1.54) is 0 Å². The van der Waals surface area contributed by atoms with Gasteiger partial charge in [0.2, 0.25) is 0 Å². The summed E-state index contributed by atoms with van der Waals surface area (Å²) >= 11 is 0. The summed E-state index contributed by atoms with van der Waals surface area (Å²) in [5.74, 6) is 5.76. The molecule has 1 aliphatic heterocycles. The van der Waals surface area contributed by atoms with Crippen LogP contribution in [0.25, 0.3) is 0 Å². The van der Waals surface area contributed by atoms with Crippen LogP contribution in [0.15, 0.2) is 24.3 Å². The highest BCUT2D eigenvalue weighted by Gasteiger charge is 2.24. The normalized spacial score (nSPS) is 13.9. The molecule has 1 heterocycles. The van der Waals surface area contributed by atoms with Crippen LogP contribution in [0.5, 0.6) is 5.75 Å². The molecule has 0 N–H and O–H groups in total. The van der Waals surface area contributed by atoms with Gasteiger partial charge in [0.05, 0.1) is 6.61 Å². The van der Waals surface area contributed by atoms with Crippen molar-refractivity contribution in [1.82, 2.24) is 9.80 Å². The van der Waals surface area contributed by atoms with E-state index in [4.69, 9.17) is 4.74 Å². The van der Waals surface area contributed by atoms with Gasteiger partial charge in [0, 0.05) is 31.7 Å². The van der Waals surface area contributed by atoms with Gasteiger partial charge in [-0.05, 0) is 43.5 Å². The van der Waals surface area contributed by atoms with Crippen LogP contribution >= 0.6 is 0 Å². The molecule has 128 valence electrons. The summed E-state index contributed by atoms with van der Waals surface area (Å²) in [6.07, 6.45) is 2.11. The zero-order valence-corrected chi connectivity index (χ0v) is 14.4. The number of piperazine rings is 1. The Balaban J connectivity index is 1.88. The quantitative estimate of drug-likeness (QED) is 0.615. The van der Waals surface area contributed by atoms with Crippen molar-refractivity contribution in [1.29, 1.82) is 0 Å². The van der Waals surface area contributed by atoms with Crippen molar-refractivity contribution in [3.05, 3.63) is 29.8 Å². The highest BCUT2D eigenvalue weighted by Crippen LogP contribution is 2.15. The second-order valence-corrected chi connectivity index (χ2v) is 5.69. The summed E-state index contributed by atoms with van der Waals surface area (Å²) in [5, 5.41) is 0. The second-order valence-electron chi connectivity index (χ2n) is 5.69. The van der Waals surface area contributed by atoms with Crippen LogP contribution in [0, 0.1) is 11.8 Å². The molecule has 1 fully saturated rings. The van der Waals surface area contributed by atoms with Gasteiger partial charge >= 0.3 is 0 Å². The average molecular weight is 328 g/mol. The molecule has 0 aliphatic carbocycles. The molecule has 1 aliphatic rings. The Labute approximate surface area is 143 Å². The van der Waals surface area contributed by atoms with Crippen molar-refractivity contribution in [2.24, 2.45) is 0 Å². The van der Waals surface area contributed by atoms with Gasteiger partial charge < -0.3 is 14.5 Å². The fourth-order valence-corrected chi connectivity index (χ4v) is 2.51. The monoisotopic (exact) mass is 328 g/mol. The van der Waals surface area contributed by atoms with E-state index in [-0.39, 0.29) is 11.8 Å². The lowest BCUT2D eigenvalue weighted by Crippen LogP contribution is -2.50. The summed E-state index contributed by atoms with van der Waals surface area (Å²) < 4.78 is 5.61. The molecular formula is C19H24N2O3.